The fourth-order valence-corrected chi connectivity index (χ4v) is 5.73. The Morgan fingerprint density at radius 1 is 1.21 bits per heavy atom. The lowest BCUT2D eigenvalue weighted by atomic mass is 9.99. The van der Waals surface area contributed by atoms with Gasteiger partial charge in [-0.2, -0.15) is 4.98 Å². The van der Waals surface area contributed by atoms with Crippen molar-refractivity contribution in [3.8, 4) is 0 Å². The van der Waals surface area contributed by atoms with Crippen LogP contribution in [0.4, 0.5) is 15.5 Å². The van der Waals surface area contributed by atoms with Gasteiger partial charge in [-0.15, -0.1) is 13.1 Å². The highest BCUT2D eigenvalue weighted by atomic mass is 32.2. The summed E-state index contributed by atoms with van der Waals surface area (Å²) in [4.78, 5) is 4.39. The summed E-state index contributed by atoms with van der Waals surface area (Å²) in [5.41, 5.74) is 6.62. The molecule has 0 fully saturated rings. The summed E-state index contributed by atoms with van der Waals surface area (Å²) >= 11 is -0.0559. The third-order valence-electron chi connectivity index (χ3n) is 5.46. The van der Waals surface area contributed by atoms with Crippen LogP contribution in [-0.4, -0.2) is 37.2 Å². The van der Waals surface area contributed by atoms with Crippen LogP contribution in [0.1, 0.15) is 48.4 Å². The minimum absolute atomic E-state index is 0.0559. The van der Waals surface area contributed by atoms with Gasteiger partial charge in [-0.3, -0.25) is 4.21 Å². The Bertz CT molecular complexity index is 853. The van der Waals surface area contributed by atoms with Gasteiger partial charge < -0.3 is 10.6 Å². The Morgan fingerprint density at radius 3 is 2.57 bits per heavy atom. The number of nitrogens with zero attached hydrogens (tertiary/aromatic N) is 3. The fraction of sp³-hybridized carbons (Fsp3) is 0.579. The van der Waals surface area contributed by atoms with Gasteiger partial charge in [0.1, 0.15) is 0 Å². The van der Waals surface area contributed by atoms with Crippen molar-refractivity contribution in [2.45, 2.75) is 57.0 Å². The second-order valence-electron chi connectivity index (χ2n) is 7.28. The molecular weight excluding hydrogens is 397 g/mol. The first-order valence-electron chi connectivity index (χ1n) is 10.00. The number of nitrogens with one attached hydrogen (secondary N) is 2. The Labute approximate surface area is 172 Å². The summed E-state index contributed by atoms with van der Waals surface area (Å²) < 4.78 is 27.0. The summed E-state index contributed by atoms with van der Waals surface area (Å²) in [6, 6.07) is 2.37. The predicted molar refractivity (Wildman–Crippen MR) is 112 cm³/mol. The summed E-state index contributed by atoms with van der Waals surface area (Å²) in [7, 11) is -1.39. The maximum absolute atomic E-state index is 13.4. The van der Waals surface area contributed by atoms with Crippen molar-refractivity contribution >= 4 is 34.8 Å². The van der Waals surface area contributed by atoms with E-state index in [1.807, 2.05) is 6.92 Å². The molecule has 1 heterocycles. The Hall–Kier alpha value is -1.45. The molecule has 0 aliphatic heterocycles. The number of benzene rings is 1. The summed E-state index contributed by atoms with van der Waals surface area (Å²) in [5.74, 6) is 0.761. The fourth-order valence-electron chi connectivity index (χ4n) is 4.20. The van der Waals surface area contributed by atoms with Gasteiger partial charge in [0.2, 0.25) is 11.1 Å². The van der Waals surface area contributed by atoms with E-state index in [1.54, 1.807) is 0 Å². The Balaban J connectivity index is 1.57. The van der Waals surface area contributed by atoms with Crippen LogP contribution >= 0.6 is 12.3 Å². The molecule has 2 aliphatic carbocycles. The molecule has 152 valence electrons. The van der Waals surface area contributed by atoms with Crippen LogP contribution in [0.3, 0.4) is 0 Å². The first-order valence-corrected chi connectivity index (χ1v) is 12.0. The molecule has 1 aromatic heterocycles. The SMILES string of the molecule is CCNCCCS(=O)c1nc(Nc2c3c(cc4c2CCC4)CCC3)nn1SF. The minimum atomic E-state index is -1.39. The molecule has 0 radical (unpaired) electrons. The van der Waals surface area contributed by atoms with E-state index in [9.17, 15) is 8.09 Å². The molecule has 0 spiro atoms. The van der Waals surface area contributed by atoms with Gasteiger partial charge in [-0.05, 0) is 80.3 Å². The summed E-state index contributed by atoms with van der Waals surface area (Å²) in [6.07, 6.45) is 7.39. The minimum Gasteiger partial charge on any atom is -0.322 e. The van der Waals surface area contributed by atoms with E-state index in [2.05, 4.69) is 26.8 Å². The van der Waals surface area contributed by atoms with Crippen LogP contribution in [0, 0.1) is 0 Å². The van der Waals surface area contributed by atoms with E-state index in [1.165, 1.54) is 22.3 Å². The molecular formula is C19H26FN5OS2. The van der Waals surface area contributed by atoms with Crippen molar-refractivity contribution in [3.63, 3.8) is 0 Å². The average Bonchev–Trinajstić information content (AvgIpc) is 3.43. The van der Waals surface area contributed by atoms with Crippen LogP contribution in [0.2, 0.25) is 0 Å². The predicted octanol–water partition coefficient (Wildman–Crippen LogP) is 3.49. The molecule has 6 nitrogen and oxygen atoms in total. The molecule has 4 rings (SSSR count). The number of hydrogen-bond acceptors (Lipinski definition) is 6. The second-order valence-corrected chi connectivity index (χ2v) is 9.22. The van der Waals surface area contributed by atoms with Crippen LogP contribution in [0.15, 0.2) is 11.2 Å². The monoisotopic (exact) mass is 423 g/mol. The zero-order chi connectivity index (χ0) is 19.5. The van der Waals surface area contributed by atoms with Crippen molar-refractivity contribution in [2.75, 3.05) is 24.2 Å². The lowest BCUT2D eigenvalue weighted by molar-refractivity contribution is 0.661. The molecule has 0 bridgehead atoms. The highest BCUT2D eigenvalue weighted by Gasteiger charge is 2.25. The van der Waals surface area contributed by atoms with Gasteiger partial charge in [0.15, 0.2) is 12.3 Å². The molecule has 2 N–H and O–H groups in total. The van der Waals surface area contributed by atoms with E-state index in [-0.39, 0.29) is 17.5 Å². The number of anilines is 2. The van der Waals surface area contributed by atoms with E-state index < -0.39 is 10.8 Å². The van der Waals surface area contributed by atoms with E-state index in [4.69, 9.17) is 0 Å². The number of halogens is 1. The van der Waals surface area contributed by atoms with Crippen LogP contribution in [0.25, 0.3) is 0 Å². The van der Waals surface area contributed by atoms with Gasteiger partial charge in [0.25, 0.3) is 0 Å². The standard InChI is InChI=1S/C19H26FN5OS2/c1-2-21-10-5-11-28(26)19-23-18(24-25(19)27-20)22-17-15-8-3-6-13(15)12-14-7-4-9-16(14)17/h12,21H,2-11H2,1H3,(H,22,24). The van der Waals surface area contributed by atoms with Gasteiger partial charge in [0.05, 0.1) is 10.8 Å². The molecule has 9 heteroatoms. The second kappa shape index (κ2) is 8.92. The third kappa shape index (κ3) is 3.97. The van der Waals surface area contributed by atoms with E-state index in [0.717, 1.165) is 67.8 Å². The molecule has 1 atom stereocenters. The van der Waals surface area contributed by atoms with Gasteiger partial charge >= 0.3 is 0 Å². The number of aromatic nitrogens is 3. The molecule has 2 aliphatic rings. The van der Waals surface area contributed by atoms with Crippen molar-refractivity contribution in [2.24, 2.45) is 0 Å². The maximum Gasteiger partial charge on any atom is 0.248 e. The van der Waals surface area contributed by atoms with Crippen molar-refractivity contribution < 1.29 is 8.09 Å². The Morgan fingerprint density at radius 2 is 1.93 bits per heavy atom. The number of rotatable bonds is 9. The van der Waals surface area contributed by atoms with Gasteiger partial charge in [-0.1, -0.05) is 13.0 Å². The number of aryl methyl sites for hydroxylation is 2. The van der Waals surface area contributed by atoms with Gasteiger partial charge in [-0.25, -0.2) is 0 Å². The largest absolute Gasteiger partial charge is 0.322 e. The molecule has 0 saturated carbocycles. The highest BCUT2D eigenvalue weighted by molar-refractivity contribution is 7.93. The lowest BCUT2D eigenvalue weighted by Crippen LogP contribution is -2.16. The van der Waals surface area contributed by atoms with Crippen molar-refractivity contribution in [3.05, 3.63) is 28.3 Å². The highest BCUT2D eigenvalue weighted by Crippen LogP contribution is 2.39. The zero-order valence-corrected chi connectivity index (χ0v) is 17.7. The van der Waals surface area contributed by atoms with Crippen LogP contribution in [0.5, 0.6) is 0 Å². The van der Waals surface area contributed by atoms with Gasteiger partial charge in [0, 0.05) is 11.4 Å². The normalized spacial score (nSPS) is 16.2. The topological polar surface area (TPSA) is 71.8 Å². The third-order valence-corrected chi connectivity index (χ3v) is 7.29. The van der Waals surface area contributed by atoms with Crippen LogP contribution < -0.4 is 10.6 Å². The zero-order valence-electron chi connectivity index (χ0n) is 16.1. The van der Waals surface area contributed by atoms with Crippen LogP contribution in [-0.2, 0) is 36.5 Å². The first-order chi connectivity index (χ1) is 13.7. The van der Waals surface area contributed by atoms with E-state index in [0.29, 0.717) is 11.7 Å². The average molecular weight is 424 g/mol. The number of hydrogen-bond donors (Lipinski definition) is 2. The summed E-state index contributed by atoms with van der Waals surface area (Å²) in [6.45, 7) is 3.69. The number of fused-ring (bicyclic) bond motifs is 2. The lowest BCUT2D eigenvalue weighted by Gasteiger charge is -2.15. The maximum atomic E-state index is 13.4. The molecule has 1 aromatic carbocycles. The van der Waals surface area contributed by atoms with Crippen molar-refractivity contribution in [1.29, 1.82) is 0 Å². The quantitative estimate of drug-likeness (QED) is 0.602. The molecule has 0 saturated heterocycles. The van der Waals surface area contributed by atoms with E-state index >= 15 is 0 Å². The smallest absolute Gasteiger partial charge is 0.248 e. The van der Waals surface area contributed by atoms with Crippen molar-refractivity contribution in [1.82, 2.24) is 19.5 Å². The molecule has 2 aromatic rings. The first kappa shape index (κ1) is 19.8. The molecule has 0 amide bonds. The molecule has 1 unspecified atom stereocenters. The Kier molecular flexibility index (Phi) is 6.32. The summed E-state index contributed by atoms with van der Waals surface area (Å²) in [5, 5.41) is 11.0. The molecule has 28 heavy (non-hydrogen) atoms.